The van der Waals surface area contributed by atoms with Gasteiger partial charge < -0.3 is 15.7 Å². The van der Waals surface area contributed by atoms with Crippen molar-refractivity contribution in [2.45, 2.75) is 38.8 Å². The maximum Gasteiger partial charge on any atom is 0.139 e. The van der Waals surface area contributed by atoms with Crippen molar-refractivity contribution in [2.24, 2.45) is 0 Å². The number of piperidine rings is 1. The van der Waals surface area contributed by atoms with Gasteiger partial charge in [0.2, 0.25) is 0 Å². The van der Waals surface area contributed by atoms with E-state index in [1.54, 1.807) is 6.20 Å². The average Bonchev–Trinajstić information content (AvgIpc) is 2.82. The number of fused-ring (bicyclic) bond motifs is 1. The molecule has 1 unspecified atom stereocenters. The summed E-state index contributed by atoms with van der Waals surface area (Å²) in [5.74, 6) is 6.78. The van der Waals surface area contributed by atoms with Crippen molar-refractivity contribution in [3.05, 3.63) is 69.9 Å². The lowest BCUT2D eigenvalue weighted by Crippen LogP contribution is -2.32. The molecule has 0 bridgehead atoms. The Hall–Kier alpha value is -2.62. The zero-order valence-electron chi connectivity index (χ0n) is 19.1. The third-order valence-corrected chi connectivity index (χ3v) is 6.44. The van der Waals surface area contributed by atoms with Crippen LogP contribution in [-0.4, -0.2) is 41.2 Å². The quantitative estimate of drug-likeness (QED) is 0.283. The number of hydrogen-bond donors (Lipinski definition) is 3. The van der Waals surface area contributed by atoms with Crippen LogP contribution in [0.15, 0.2) is 42.6 Å². The molecule has 3 aromatic rings. The average molecular weight is 463 g/mol. The number of anilines is 1. The number of halogens is 1. The number of aryl methyl sites for hydroxylation is 1. The van der Waals surface area contributed by atoms with Gasteiger partial charge in [0.15, 0.2) is 0 Å². The van der Waals surface area contributed by atoms with Crippen molar-refractivity contribution in [1.29, 1.82) is 0 Å². The second kappa shape index (κ2) is 11.0. The summed E-state index contributed by atoms with van der Waals surface area (Å²) >= 11 is 6.18. The molecule has 1 fully saturated rings. The van der Waals surface area contributed by atoms with Gasteiger partial charge in [-0.2, -0.15) is 0 Å². The lowest BCUT2D eigenvalue weighted by Gasteiger charge is -2.26. The van der Waals surface area contributed by atoms with Crippen LogP contribution in [0.4, 0.5) is 5.82 Å². The molecule has 0 saturated carbocycles. The molecular weight excluding hydrogens is 432 g/mol. The van der Waals surface area contributed by atoms with Crippen molar-refractivity contribution < 1.29 is 5.11 Å². The van der Waals surface area contributed by atoms with Crippen LogP contribution in [0.2, 0.25) is 5.02 Å². The molecule has 1 aliphatic rings. The molecule has 4 rings (SSSR count). The first-order chi connectivity index (χ1) is 16.0. The van der Waals surface area contributed by atoms with Crippen molar-refractivity contribution >= 4 is 28.2 Å². The van der Waals surface area contributed by atoms with Crippen LogP contribution < -0.4 is 11.1 Å². The van der Waals surface area contributed by atoms with Gasteiger partial charge in [-0.25, -0.2) is 4.98 Å². The lowest BCUT2D eigenvalue weighted by molar-refractivity contribution is 0.135. The van der Waals surface area contributed by atoms with Crippen LogP contribution in [0.3, 0.4) is 0 Å². The molecule has 172 valence electrons. The Balaban J connectivity index is 1.41. The molecule has 33 heavy (non-hydrogen) atoms. The van der Waals surface area contributed by atoms with E-state index in [9.17, 15) is 5.11 Å². The largest absolute Gasteiger partial charge is 0.383 e. The van der Waals surface area contributed by atoms with Crippen LogP contribution in [0.1, 0.15) is 54.2 Å². The summed E-state index contributed by atoms with van der Waals surface area (Å²) in [7, 11) is 0. The summed E-state index contributed by atoms with van der Waals surface area (Å²) in [6, 6.07) is 11.4. The van der Waals surface area contributed by atoms with Gasteiger partial charge in [0, 0.05) is 27.6 Å². The molecule has 1 saturated heterocycles. The van der Waals surface area contributed by atoms with Crippen molar-refractivity contribution in [2.75, 3.05) is 31.9 Å². The number of nitrogens with one attached hydrogen (secondary N) is 1. The van der Waals surface area contributed by atoms with E-state index in [0.29, 0.717) is 16.4 Å². The number of aliphatic hydroxyl groups is 1. The van der Waals surface area contributed by atoms with Crippen LogP contribution in [0.25, 0.3) is 10.8 Å². The molecular formula is C27H31ClN4O. The predicted octanol–water partition coefficient (Wildman–Crippen LogP) is 4.64. The van der Waals surface area contributed by atoms with Crippen molar-refractivity contribution in [3.63, 3.8) is 0 Å². The number of nitrogen functional groups attached to an aromatic ring is 1. The van der Waals surface area contributed by atoms with Gasteiger partial charge in [-0.3, -0.25) is 5.32 Å². The van der Waals surface area contributed by atoms with E-state index in [-0.39, 0.29) is 0 Å². The van der Waals surface area contributed by atoms with Gasteiger partial charge >= 0.3 is 0 Å². The zero-order chi connectivity index (χ0) is 23.2. The van der Waals surface area contributed by atoms with Gasteiger partial charge in [0.25, 0.3) is 0 Å². The highest BCUT2D eigenvalue weighted by molar-refractivity contribution is 6.31. The van der Waals surface area contributed by atoms with Gasteiger partial charge in [-0.05, 0) is 81.7 Å². The third kappa shape index (κ3) is 6.04. The number of pyridine rings is 1. The fraction of sp³-hybridized carbons (Fsp3) is 0.370. The minimum atomic E-state index is -0.688. The van der Waals surface area contributed by atoms with E-state index < -0.39 is 6.23 Å². The molecule has 2 aromatic carbocycles. The number of nitrogens with two attached hydrogens (primary N) is 1. The molecule has 2 heterocycles. The van der Waals surface area contributed by atoms with Gasteiger partial charge in [0.1, 0.15) is 12.0 Å². The minimum absolute atomic E-state index is 0.385. The van der Waals surface area contributed by atoms with Crippen molar-refractivity contribution in [1.82, 2.24) is 15.2 Å². The number of aromatic nitrogens is 1. The number of rotatable bonds is 6. The predicted molar refractivity (Wildman–Crippen MR) is 136 cm³/mol. The number of aliphatic hydroxyl groups excluding tert-OH is 1. The third-order valence-electron chi connectivity index (χ3n) is 6.21. The molecule has 0 radical (unpaired) electrons. The molecule has 0 amide bonds. The number of nitrogens with zero attached hydrogens (tertiary/aromatic N) is 2. The highest BCUT2D eigenvalue weighted by Crippen LogP contribution is 2.25. The van der Waals surface area contributed by atoms with E-state index in [0.717, 1.165) is 47.0 Å². The topological polar surface area (TPSA) is 74.4 Å². The molecule has 1 aromatic heterocycles. The Kier molecular flexibility index (Phi) is 7.85. The van der Waals surface area contributed by atoms with Crippen LogP contribution in [0.5, 0.6) is 0 Å². The molecule has 5 nitrogen and oxygen atoms in total. The van der Waals surface area contributed by atoms with Crippen LogP contribution in [-0.2, 0) is 0 Å². The van der Waals surface area contributed by atoms with Gasteiger partial charge in [-0.1, -0.05) is 48.1 Å². The number of benzene rings is 2. The minimum Gasteiger partial charge on any atom is -0.383 e. The Labute approximate surface area is 201 Å². The standard InChI is InChI=1S/C27H31ClN4O/c1-19-16-21(27(33)30-12-5-15-32-13-3-2-4-14-32)7-6-20(19)9-11-24-25-17-23(28)10-8-22(25)18-31-26(24)29/h6-8,10,16-18,27,30,33H,2-5,12-15H2,1H3,(H2,29,31). The Morgan fingerprint density at radius 3 is 2.76 bits per heavy atom. The Bertz CT molecular complexity index is 1170. The maximum absolute atomic E-state index is 10.6. The van der Waals surface area contributed by atoms with E-state index in [1.165, 1.54) is 32.4 Å². The first-order valence-electron chi connectivity index (χ1n) is 11.6. The van der Waals surface area contributed by atoms with E-state index >= 15 is 0 Å². The second-order valence-corrected chi connectivity index (χ2v) is 9.12. The monoisotopic (exact) mass is 462 g/mol. The maximum atomic E-state index is 10.6. The van der Waals surface area contributed by atoms with Crippen LogP contribution >= 0.6 is 11.6 Å². The van der Waals surface area contributed by atoms with E-state index in [2.05, 4.69) is 27.0 Å². The normalized spacial score (nSPS) is 15.2. The SMILES string of the molecule is Cc1cc(C(O)NCCCN2CCCCC2)ccc1C#Cc1c(N)ncc2ccc(Cl)cc12. The van der Waals surface area contributed by atoms with Gasteiger partial charge in [0.05, 0.1) is 5.56 Å². The van der Waals surface area contributed by atoms with Crippen molar-refractivity contribution in [3.8, 4) is 11.8 Å². The molecule has 4 N–H and O–H groups in total. The highest BCUT2D eigenvalue weighted by atomic mass is 35.5. The number of hydrogen-bond acceptors (Lipinski definition) is 5. The molecule has 0 aliphatic carbocycles. The second-order valence-electron chi connectivity index (χ2n) is 8.69. The Morgan fingerprint density at radius 1 is 1.15 bits per heavy atom. The molecule has 1 atom stereocenters. The molecule has 6 heteroatoms. The summed E-state index contributed by atoms with van der Waals surface area (Å²) in [6.45, 7) is 6.28. The fourth-order valence-corrected chi connectivity index (χ4v) is 4.47. The summed E-state index contributed by atoms with van der Waals surface area (Å²) in [4.78, 5) is 6.78. The molecule has 0 spiro atoms. The summed E-state index contributed by atoms with van der Waals surface area (Å²) in [5, 5.41) is 16.3. The van der Waals surface area contributed by atoms with E-state index in [1.807, 2.05) is 43.3 Å². The summed E-state index contributed by atoms with van der Waals surface area (Å²) in [6.07, 6.45) is 6.04. The first-order valence-corrected chi connectivity index (χ1v) is 12.0. The zero-order valence-corrected chi connectivity index (χ0v) is 19.8. The highest BCUT2D eigenvalue weighted by Gasteiger charge is 2.11. The van der Waals surface area contributed by atoms with Gasteiger partial charge in [-0.15, -0.1) is 0 Å². The smallest absolute Gasteiger partial charge is 0.139 e. The lowest BCUT2D eigenvalue weighted by atomic mass is 10.0. The summed E-state index contributed by atoms with van der Waals surface area (Å²) < 4.78 is 0. The fourth-order valence-electron chi connectivity index (χ4n) is 4.30. The molecule has 1 aliphatic heterocycles. The number of likely N-dealkylation sites (tertiary alicyclic amines) is 1. The summed E-state index contributed by atoms with van der Waals surface area (Å²) in [5.41, 5.74) is 9.51. The van der Waals surface area contributed by atoms with E-state index in [4.69, 9.17) is 17.3 Å². The first kappa shape index (κ1) is 23.5. The van der Waals surface area contributed by atoms with Crippen LogP contribution in [0, 0.1) is 18.8 Å². The Morgan fingerprint density at radius 2 is 1.97 bits per heavy atom.